The summed E-state index contributed by atoms with van der Waals surface area (Å²) in [4.78, 5) is 0. The molecule has 3 nitrogen and oxygen atoms in total. The minimum Gasteiger partial charge on any atom is -0.392 e. The predicted octanol–water partition coefficient (Wildman–Crippen LogP) is 3.30. The van der Waals surface area contributed by atoms with E-state index in [4.69, 9.17) is 0 Å². The molecule has 2 atom stereocenters. The van der Waals surface area contributed by atoms with Gasteiger partial charge in [0.25, 0.3) is 0 Å². The fourth-order valence-electron chi connectivity index (χ4n) is 3.85. The van der Waals surface area contributed by atoms with Gasteiger partial charge in [-0.3, -0.25) is 4.68 Å². The van der Waals surface area contributed by atoms with Crippen molar-refractivity contribution in [3.63, 3.8) is 0 Å². The monoisotopic (exact) mass is 272 g/mol. The van der Waals surface area contributed by atoms with E-state index < -0.39 is 0 Å². The van der Waals surface area contributed by atoms with Crippen LogP contribution in [0.1, 0.15) is 38.8 Å². The molecule has 3 rings (SSSR count). The summed E-state index contributed by atoms with van der Waals surface area (Å²) in [6.45, 7) is 4.56. The van der Waals surface area contributed by atoms with Crippen molar-refractivity contribution >= 4 is 10.9 Å². The highest BCUT2D eigenvalue weighted by Gasteiger charge is 2.39. The van der Waals surface area contributed by atoms with Crippen LogP contribution in [0.2, 0.25) is 0 Å². The molecule has 0 spiro atoms. The molecule has 108 valence electrons. The quantitative estimate of drug-likeness (QED) is 0.931. The molecule has 0 amide bonds. The van der Waals surface area contributed by atoms with Gasteiger partial charge in [0.2, 0.25) is 0 Å². The van der Waals surface area contributed by atoms with E-state index in [0.717, 1.165) is 17.6 Å². The number of nitrogens with zero attached hydrogens (tertiary/aromatic N) is 2. The number of benzene rings is 1. The Morgan fingerprint density at radius 2 is 2.15 bits per heavy atom. The van der Waals surface area contributed by atoms with Gasteiger partial charge in [-0.2, -0.15) is 5.10 Å². The van der Waals surface area contributed by atoms with E-state index in [2.05, 4.69) is 31.1 Å². The van der Waals surface area contributed by atoms with Gasteiger partial charge in [0.05, 0.1) is 17.3 Å². The highest BCUT2D eigenvalue weighted by Crippen LogP contribution is 2.45. The van der Waals surface area contributed by atoms with Crippen LogP contribution in [0, 0.1) is 11.3 Å². The van der Waals surface area contributed by atoms with Gasteiger partial charge in [0, 0.05) is 18.9 Å². The number of hydrogen-bond donors (Lipinski definition) is 1. The lowest BCUT2D eigenvalue weighted by molar-refractivity contribution is 0.0537. The fraction of sp³-hybridized carbons (Fsp3) is 0.588. The summed E-state index contributed by atoms with van der Waals surface area (Å²) in [5.41, 5.74) is 2.42. The Balaban J connectivity index is 1.86. The van der Waals surface area contributed by atoms with Gasteiger partial charge in [-0.1, -0.05) is 38.5 Å². The van der Waals surface area contributed by atoms with Crippen molar-refractivity contribution in [2.75, 3.05) is 0 Å². The van der Waals surface area contributed by atoms with Gasteiger partial charge in [-0.25, -0.2) is 0 Å². The van der Waals surface area contributed by atoms with Crippen LogP contribution in [0.15, 0.2) is 24.3 Å². The van der Waals surface area contributed by atoms with Crippen molar-refractivity contribution in [3.05, 3.63) is 30.0 Å². The van der Waals surface area contributed by atoms with Crippen LogP contribution in [0.5, 0.6) is 0 Å². The van der Waals surface area contributed by atoms with Crippen molar-refractivity contribution in [1.82, 2.24) is 9.78 Å². The average molecular weight is 272 g/mol. The van der Waals surface area contributed by atoms with Crippen molar-refractivity contribution in [2.45, 2.75) is 45.6 Å². The summed E-state index contributed by atoms with van der Waals surface area (Å²) in [5.74, 6) is 0.392. The first-order chi connectivity index (χ1) is 9.49. The molecule has 0 bridgehead atoms. The second-order valence-electron chi connectivity index (χ2n) is 6.85. The second kappa shape index (κ2) is 4.88. The van der Waals surface area contributed by atoms with Crippen LogP contribution in [0.4, 0.5) is 0 Å². The Labute approximate surface area is 120 Å². The Morgan fingerprint density at radius 3 is 2.85 bits per heavy atom. The minimum atomic E-state index is -0.286. The molecule has 0 saturated heterocycles. The standard InChI is InChI=1S/C17H24N2O/c1-17(2)10-6-8-13(17)16(20)11-14-12-7-4-5-9-15(12)19(3)18-14/h4-5,7,9,13,16,20H,6,8,10-11H2,1-3H3. The van der Waals surface area contributed by atoms with Gasteiger partial charge >= 0.3 is 0 Å². The maximum absolute atomic E-state index is 10.7. The van der Waals surface area contributed by atoms with Crippen LogP contribution >= 0.6 is 0 Å². The number of aliphatic hydroxyl groups excluding tert-OH is 1. The summed E-state index contributed by atoms with van der Waals surface area (Å²) in [6, 6.07) is 8.26. The van der Waals surface area contributed by atoms with Gasteiger partial charge in [-0.05, 0) is 30.2 Å². The zero-order chi connectivity index (χ0) is 14.3. The molecule has 1 aliphatic rings. The molecule has 20 heavy (non-hydrogen) atoms. The molecule has 3 heteroatoms. The van der Waals surface area contributed by atoms with Gasteiger partial charge in [0.1, 0.15) is 0 Å². The molecule has 1 fully saturated rings. The Bertz CT molecular complexity index is 614. The molecule has 0 aliphatic heterocycles. The van der Waals surface area contributed by atoms with Crippen LogP contribution in [-0.2, 0) is 13.5 Å². The first kappa shape index (κ1) is 13.6. The molecule has 2 aromatic rings. The molecule has 1 aliphatic carbocycles. The molecule has 1 N–H and O–H groups in total. The molecular formula is C17H24N2O. The van der Waals surface area contributed by atoms with Crippen LogP contribution in [0.3, 0.4) is 0 Å². The third-order valence-electron chi connectivity index (χ3n) is 5.04. The van der Waals surface area contributed by atoms with E-state index >= 15 is 0 Å². The molecule has 1 saturated carbocycles. The van der Waals surface area contributed by atoms with E-state index in [0.29, 0.717) is 12.3 Å². The average Bonchev–Trinajstić information content (AvgIpc) is 2.91. The topological polar surface area (TPSA) is 38.0 Å². The molecular weight excluding hydrogens is 248 g/mol. The normalized spacial score (nSPS) is 23.3. The van der Waals surface area contributed by atoms with Crippen LogP contribution in [0.25, 0.3) is 10.9 Å². The third kappa shape index (κ3) is 2.24. The largest absolute Gasteiger partial charge is 0.392 e. The Hall–Kier alpha value is -1.35. The molecule has 2 unspecified atom stereocenters. The number of aromatic nitrogens is 2. The SMILES string of the molecule is Cn1nc(CC(O)C2CCCC2(C)C)c2ccccc21. The van der Waals surface area contributed by atoms with E-state index in [-0.39, 0.29) is 11.5 Å². The first-order valence-electron chi connectivity index (χ1n) is 7.58. The molecule has 1 heterocycles. The van der Waals surface area contributed by atoms with Crippen molar-refractivity contribution in [2.24, 2.45) is 18.4 Å². The maximum atomic E-state index is 10.7. The van der Waals surface area contributed by atoms with Crippen molar-refractivity contribution in [3.8, 4) is 0 Å². The first-order valence-corrected chi connectivity index (χ1v) is 7.58. The molecule has 1 aromatic heterocycles. The lowest BCUT2D eigenvalue weighted by atomic mass is 9.77. The number of aliphatic hydroxyl groups is 1. The van der Waals surface area contributed by atoms with E-state index in [1.165, 1.54) is 18.2 Å². The summed E-state index contributed by atoms with van der Waals surface area (Å²) in [7, 11) is 1.97. The number of aryl methyl sites for hydroxylation is 1. The lowest BCUT2D eigenvalue weighted by Crippen LogP contribution is -2.31. The van der Waals surface area contributed by atoms with Crippen molar-refractivity contribution < 1.29 is 5.11 Å². The number of rotatable bonds is 3. The zero-order valence-electron chi connectivity index (χ0n) is 12.6. The van der Waals surface area contributed by atoms with Gasteiger partial charge < -0.3 is 5.11 Å². The number of fused-ring (bicyclic) bond motifs is 1. The summed E-state index contributed by atoms with van der Waals surface area (Å²) in [6.07, 6.45) is 3.97. The van der Waals surface area contributed by atoms with Crippen LogP contribution < -0.4 is 0 Å². The molecule has 0 radical (unpaired) electrons. The minimum absolute atomic E-state index is 0.254. The highest BCUT2D eigenvalue weighted by atomic mass is 16.3. The summed E-state index contributed by atoms with van der Waals surface area (Å²) in [5, 5.41) is 16.4. The number of para-hydroxylation sites is 1. The van der Waals surface area contributed by atoms with E-state index in [1.54, 1.807) is 0 Å². The fourth-order valence-corrected chi connectivity index (χ4v) is 3.85. The zero-order valence-corrected chi connectivity index (χ0v) is 12.6. The third-order valence-corrected chi connectivity index (χ3v) is 5.04. The number of hydrogen-bond acceptors (Lipinski definition) is 2. The highest BCUT2D eigenvalue weighted by molar-refractivity contribution is 5.81. The van der Waals surface area contributed by atoms with Crippen LogP contribution in [-0.4, -0.2) is 21.0 Å². The Kier molecular flexibility index (Phi) is 3.33. The Morgan fingerprint density at radius 1 is 1.40 bits per heavy atom. The summed E-state index contributed by atoms with van der Waals surface area (Å²) >= 11 is 0. The molecule has 1 aromatic carbocycles. The predicted molar refractivity (Wildman–Crippen MR) is 81.5 cm³/mol. The lowest BCUT2D eigenvalue weighted by Gasteiger charge is -2.30. The van der Waals surface area contributed by atoms with E-state index in [1.807, 2.05) is 23.9 Å². The van der Waals surface area contributed by atoms with Gasteiger partial charge in [0.15, 0.2) is 0 Å². The van der Waals surface area contributed by atoms with Crippen molar-refractivity contribution in [1.29, 1.82) is 0 Å². The van der Waals surface area contributed by atoms with Gasteiger partial charge in [-0.15, -0.1) is 0 Å². The summed E-state index contributed by atoms with van der Waals surface area (Å²) < 4.78 is 1.91. The van der Waals surface area contributed by atoms with E-state index in [9.17, 15) is 5.11 Å². The second-order valence-corrected chi connectivity index (χ2v) is 6.85. The maximum Gasteiger partial charge on any atom is 0.0729 e. The smallest absolute Gasteiger partial charge is 0.0729 e.